The number of carbonyl (C=O) groups is 2. The fourth-order valence-corrected chi connectivity index (χ4v) is 3.08. The van der Waals surface area contributed by atoms with Gasteiger partial charge in [0.15, 0.2) is 20.0 Å². The van der Waals surface area contributed by atoms with Crippen LogP contribution in [0.25, 0.3) is 0 Å². The van der Waals surface area contributed by atoms with Gasteiger partial charge in [0, 0.05) is 6.61 Å². The van der Waals surface area contributed by atoms with Crippen LogP contribution in [0.1, 0.15) is 32.8 Å². The third-order valence-electron chi connectivity index (χ3n) is 4.70. The SMILES string of the molecule is CC(C)(C)[Si](C)(C)OCC[C@H](NC(=O)Cc1ccc(F)c(F)c1)C(N)=O. The molecule has 0 radical (unpaired) electrons. The van der Waals surface area contributed by atoms with Gasteiger partial charge in [0.25, 0.3) is 0 Å². The van der Waals surface area contributed by atoms with Crippen molar-refractivity contribution in [1.82, 2.24) is 5.32 Å². The largest absolute Gasteiger partial charge is 0.417 e. The number of nitrogens with one attached hydrogen (secondary N) is 1. The van der Waals surface area contributed by atoms with Gasteiger partial charge in [-0.3, -0.25) is 9.59 Å². The Hall–Kier alpha value is -1.80. The van der Waals surface area contributed by atoms with E-state index in [0.29, 0.717) is 12.2 Å². The maximum absolute atomic E-state index is 13.2. The molecule has 0 fully saturated rings. The van der Waals surface area contributed by atoms with E-state index in [1.807, 2.05) is 0 Å². The fourth-order valence-electron chi connectivity index (χ4n) is 2.01. The van der Waals surface area contributed by atoms with Crippen LogP contribution in [0, 0.1) is 11.6 Å². The van der Waals surface area contributed by atoms with Crippen molar-refractivity contribution >= 4 is 20.1 Å². The van der Waals surface area contributed by atoms with E-state index in [9.17, 15) is 18.4 Å². The van der Waals surface area contributed by atoms with E-state index in [0.717, 1.165) is 12.1 Å². The molecule has 0 spiro atoms. The van der Waals surface area contributed by atoms with Crippen LogP contribution in [0.4, 0.5) is 8.78 Å². The fraction of sp³-hybridized carbons (Fsp3) is 0.556. The van der Waals surface area contributed by atoms with Gasteiger partial charge in [0.1, 0.15) is 6.04 Å². The highest BCUT2D eigenvalue weighted by Gasteiger charge is 2.37. The van der Waals surface area contributed by atoms with Crippen LogP contribution in [-0.2, 0) is 20.4 Å². The van der Waals surface area contributed by atoms with Crippen molar-refractivity contribution in [1.29, 1.82) is 0 Å². The van der Waals surface area contributed by atoms with E-state index in [1.165, 1.54) is 6.07 Å². The lowest BCUT2D eigenvalue weighted by Crippen LogP contribution is -2.47. The molecule has 1 atom stereocenters. The lowest BCUT2D eigenvalue weighted by atomic mass is 10.1. The van der Waals surface area contributed by atoms with E-state index >= 15 is 0 Å². The smallest absolute Gasteiger partial charge is 0.240 e. The average molecular weight is 387 g/mol. The zero-order chi connectivity index (χ0) is 20.1. The molecule has 2 amide bonds. The Morgan fingerprint density at radius 2 is 1.85 bits per heavy atom. The molecule has 0 aromatic heterocycles. The molecule has 0 saturated heterocycles. The molecule has 1 aromatic rings. The number of amides is 2. The van der Waals surface area contributed by atoms with Crippen LogP contribution in [0.3, 0.4) is 0 Å². The number of nitrogens with two attached hydrogens (primary N) is 1. The molecule has 0 aliphatic heterocycles. The van der Waals surface area contributed by atoms with E-state index in [2.05, 4.69) is 39.2 Å². The van der Waals surface area contributed by atoms with Gasteiger partial charge in [0.05, 0.1) is 6.42 Å². The van der Waals surface area contributed by atoms with Crippen LogP contribution < -0.4 is 11.1 Å². The first-order valence-electron chi connectivity index (χ1n) is 8.50. The number of primary amides is 1. The van der Waals surface area contributed by atoms with Crippen molar-refractivity contribution < 1.29 is 22.8 Å². The summed E-state index contributed by atoms with van der Waals surface area (Å²) in [4.78, 5) is 23.7. The summed E-state index contributed by atoms with van der Waals surface area (Å²) >= 11 is 0. The van der Waals surface area contributed by atoms with Crippen molar-refractivity contribution in [2.75, 3.05) is 6.61 Å². The van der Waals surface area contributed by atoms with Crippen molar-refractivity contribution in [2.24, 2.45) is 5.73 Å². The molecular formula is C18H28F2N2O3Si. The Morgan fingerprint density at radius 1 is 1.23 bits per heavy atom. The average Bonchev–Trinajstić information content (AvgIpc) is 2.48. The zero-order valence-corrected chi connectivity index (χ0v) is 17.0. The van der Waals surface area contributed by atoms with Crippen LogP contribution in [0.15, 0.2) is 18.2 Å². The molecule has 0 bridgehead atoms. The molecule has 0 saturated carbocycles. The highest BCUT2D eigenvalue weighted by molar-refractivity contribution is 6.74. The molecule has 0 unspecified atom stereocenters. The first-order valence-corrected chi connectivity index (χ1v) is 11.4. The standard InChI is InChI=1S/C18H28F2N2O3Si/c1-18(2,3)26(4,5)25-9-8-15(17(21)24)22-16(23)11-12-6-7-13(19)14(20)10-12/h6-7,10,15H,8-9,11H2,1-5H3,(H2,21,24)(H,22,23)/t15-/m0/s1. The Labute approximate surface area is 154 Å². The topological polar surface area (TPSA) is 81.4 Å². The highest BCUT2D eigenvalue weighted by atomic mass is 28.4. The molecule has 5 nitrogen and oxygen atoms in total. The lowest BCUT2D eigenvalue weighted by molar-refractivity contribution is -0.127. The number of halogens is 2. The number of rotatable bonds is 8. The molecule has 1 aromatic carbocycles. The summed E-state index contributed by atoms with van der Waals surface area (Å²) in [6.07, 6.45) is 0.0788. The molecule has 8 heteroatoms. The van der Waals surface area contributed by atoms with Gasteiger partial charge < -0.3 is 15.5 Å². The monoisotopic (exact) mass is 386 g/mol. The van der Waals surface area contributed by atoms with Crippen LogP contribution >= 0.6 is 0 Å². The van der Waals surface area contributed by atoms with Crippen LogP contribution in [0.5, 0.6) is 0 Å². The van der Waals surface area contributed by atoms with E-state index in [1.54, 1.807) is 0 Å². The number of hydrogen-bond acceptors (Lipinski definition) is 3. The van der Waals surface area contributed by atoms with Crippen molar-refractivity contribution in [3.63, 3.8) is 0 Å². The van der Waals surface area contributed by atoms with Gasteiger partial charge in [-0.05, 0) is 42.2 Å². The van der Waals surface area contributed by atoms with E-state index in [-0.39, 0.29) is 17.9 Å². The quantitative estimate of drug-likeness (QED) is 0.674. The Bertz CT molecular complexity index is 660. The molecule has 3 N–H and O–H groups in total. The summed E-state index contributed by atoms with van der Waals surface area (Å²) in [5.74, 6) is -3.16. The molecule has 146 valence electrons. The predicted molar refractivity (Wildman–Crippen MR) is 99.0 cm³/mol. The maximum Gasteiger partial charge on any atom is 0.240 e. The lowest BCUT2D eigenvalue weighted by Gasteiger charge is -2.36. The second-order valence-electron chi connectivity index (χ2n) is 7.85. The summed E-state index contributed by atoms with van der Waals surface area (Å²) in [5.41, 5.74) is 5.66. The first kappa shape index (κ1) is 22.2. The van der Waals surface area contributed by atoms with Crippen molar-refractivity contribution in [3.8, 4) is 0 Å². The number of benzene rings is 1. The van der Waals surface area contributed by atoms with E-state index in [4.69, 9.17) is 10.2 Å². The number of carbonyl (C=O) groups excluding carboxylic acids is 2. The highest BCUT2D eigenvalue weighted by Crippen LogP contribution is 2.36. The van der Waals surface area contributed by atoms with Crippen LogP contribution in [0.2, 0.25) is 18.1 Å². The normalized spacial score (nSPS) is 13.3. The van der Waals surface area contributed by atoms with Crippen molar-refractivity contribution in [3.05, 3.63) is 35.4 Å². The summed E-state index contributed by atoms with van der Waals surface area (Å²) in [7, 11) is -1.96. The summed E-state index contributed by atoms with van der Waals surface area (Å²) in [6, 6.07) is 2.35. The minimum absolute atomic E-state index is 0.0329. The van der Waals surface area contributed by atoms with Gasteiger partial charge in [-0.2, -0.15) is 0 Å². The van der Waals surface area contributed by atoms with Gasteiger partial charge in [-0.25, -0.2) is 8.78 Å². The Morgan fingerprint density at radius 3 is 2.35 bits per heavy atom. The van der Waals surface area contributed by atoms with Gasteiger partial charge >= 0.3 is 0 Å². The zero-order valence-electron chi connectivity index (χ0n) is 16.0. The summed E-state index contributed by atoms with van der Waals surface area (Å²) < 4.78 is 32.1. The minimum atomic E-state index is -1.96. The molecular weight excluding hydrogens is 358 g/mol. The molecule has 0 aliphatic carbocycles. The van der Waals surface area contributed by atoms with Crippen LogP contribution in [-0.4, -0.2) is 32.8 Å². The Balaban J connectivity index is 2.60. The summed E-state index contributed by atoms with van der Waals surface area (Å²) in [5, 5.41) is 2.56. The van der Waals surface area contributed by atoms with Gasteiger partial charge in [0.2, 0.25) is 11.8 Å². The predicted octanol–water partition coefficient (Wildman–Crippen LogP) is 2.89. The third-order valence-corrected chi connectivity index (χ3v) is 9.24. The maximum atomic E-state index is 13.2. The molecule has 0 aliphatic rings. The minimum Gasteiger partial charge on any atom is -0.417 e. The van der Waals surface area contributed by atoms with Gasteiger partial charge in [-0.1, -0.05) is 26.8 Å². The van der Waals surface area contributed by atoms with Gasteiger partial charge in [-0.15, -0.1) is 0 Å². The number of hydrogen-bond donors (Lipinski definition) is 2. The molecule has 0 heterocycles. The van der Waals surface area contributed by atoms with Crippen molar-refractivity contribution in [2.45, 2.75) is 57.8 Å². The third kappa shape index (κ3) is 6.49. The van der Waals surface area contributed by atoms with E-state index < -0.39 is 37.8 Å². The second-order valence-corrected chi connectivity index (χ2v) is 12.7. The summed E-state index contributed by atoms with van der Waals surface area (Å²) in [6.45, 7) is 10.8. The molecule has 26 heavy (non-hydrogen) atoms. The second kappa shape index (κ2) is 8.72. The first-order chi connectivity index (χ1) is 11.8. The Kier molecular flexibility index (Phi) is 7.46. The molecule has 1 rings (SSSR count).